The second kappa shape index (κ2) is 7.89. The van der Waals surface area contributed by atoms with E-state index in [4.69, 9.17) is 0 Å². The van der Waals surface area contributed by atoms with Crippen molar-refractivity contribution in [1.29, 1.82) is 0 Å². The SMILES string of the molecule is CC(C)[C@@H](C(=O)N[C@H]1CCc2cccc3c2N(C1=O)[C@H](C(=O)O)C3)c1ccccn1. The lowest BCUT2D eigenvalue weighted by Crippen LogP contribution is -2.53. The van der Waals surface area contributed by atoms with E-state index in [0.717, 1.165) is 11.1 Å². The van der Waals surface area contributed by atoms with Gasteiger partial charge in [-0.2, -0.15) is 0 Å². The van der Waals surface area contributed by atoms with Gasteiger partial charge in [0.25, 0.3) is 0 Å². The van der Waals surface area contributed by atoms with Crippen LogP contribution in [0.15, 0.2) is 42.6 Å². The number of carbonyl (C=O) groups excluding carboxylic acids is 2. The predicted molar refractivity (Wildman–Crippen MR) is 111 cm³/mol. The summed E-state index contributed by atoms with van der Waals surface area (Å²) in [5.74, 6) is -2.16. The molecular formula is C23H25N3O4. The van der Waals surface area contributed by atoms with Gasteiger partial charge in [0, 0.05) is 12.6 Å². The number of nitrogens with one attached hydrogen (secondary N) is 1. The fraction of sp³-hybridized carbons (Fsp3) is 0.391. The Bertz CT molecular complexity index is 989. The largest absolute Gasteiger partial charge is 0.480 e. The quantitative estimate of drug-likeness (QED) is 0.792. The minimum Gasteiger partial charge on any atom is -0.480 e. The zero-order valence-electron chi connectivity index (χ0n) is 17.0. The summed E-state index contributed by atoms with van der Waals surface area (Å²) >= 11 is 0. The Labute approximate surface area is 175 Å². The van der Waals surface area contributed by atoms with Crippen LogP contribution >= 0.6 is 0 Å². The van der Waals surface area contributed by atoms with Crippen molar-refractivity contribution in [2.75, 3.05) is 4.90 Å². The van der Waals surface area contributed by atoms with Gasteiger partial charge in [-0.15, -0.1) is 0 Å². The Morgan fingerprint density at radius 2 is 1.93 bits per heavy atom. The van der Waals surface area contributed by atoms with Crippen molar-refractivity contribution in [3.63, 3.8) is 0 Å². The van der Waals surface area contributed by atoms with Crippen LogP contribution in [-0.4, -0.2) is 40.0 Å². The first-order chi connectivity index (χ1) is 14.4. The molecule has 2 aliphatic heterocycles. The van der Waals surface area contributed by atoms with Crippen LogP contribution in [-0.2, 0) is 27.2 Å². The number of aliphatic carboxylic acids is 1. The molecule has 0 fully saturated rings. The Hall–Kier alpha value is -3.22. The van der Waals surface area contributed by atoms with E-state index in [0.29, 0.717) is 24.2 Å². The monoisotopic (exact) mass is 407 g/mol. The molecular weight excluding hydrogens is 382 g/mol. The Morgan fingerprint density at radius 1 is 1.17 bits per heavy atom. The van der Waals surface area contributed by atoms with E-state index in [1.807, 2.05) is 44.2 Å². The highest BCUT2D eigenvalue weighted by molar-refractivity contribution is 6.07. The highest BCUT2D eigenvalue weighted by Gasteiger charge is 2.44. The van der Waals surface area contributed by atoms with Crippen molar-refractivity contribution >= 4 is 23.5 Å². The molecule has 7 nitrogen and oxygen atoms in total. The summed E-state index contributed by atoms with van der Waals surface area (Å²) in [5.41, 5.74) is 3.18. The molecule has 0 aliphatic carbocycles. The average Bonchev–Trinajstić information content (AvgIpc) is 3.05. The molecule has 30 heavy (non-hydrogen) atoms. The van der Waals surface area contributed by atoms with Gasteiger partial charge >= 0.3 is 5.97 Å². The molecule has 0 saturated carbocycles. The summed E-state index contributed by atoms with van der Waals surface area (Å²) in [4.78, 5) is 44.1. The first kappa shape index (κ1) is 20.1. The van der Waals surface area contributed by atoms with E-state index in [-0.39, 0.29) is 24.2 Å². The lowest BCUT2D eigenvalue weighted by molar-refractivity contribution is -0.140. The molecule has 3 atom stereocenters. The van der Waals surface area contributed by atoms with Crippen LogP contribution in [0.3, 0.4) is 0 Å². The van der Waals surface area contributed by atoms with Crippen molar-refractivity contribution < 1.29 is 19.5 Å². The summed E-state index contributed by atoms with van der Waals surface area (Å²) in [6.07, 6.45) is 2.96. The normalized spacial score (nSPS) is 21.2. The number of benzene rings is 1. The van der Waals surface area contributed by atoms with E-state index >= 15 is 0 Å². The zero-order chi connectivity index (χ0) is 21.4. The van der Waals surface area contributed by atoms with Crippen molar-refractivity contribution in [3.8, 4) is 0 Å². The molecule has 2 aromatic rings. The molecule has 0 radical (unpaired) electrons. The van der Waals surface area contributed by atoms with Crippen molar-refractivity contribution in [3.05, 3.63) is 59.4 Å². The summed E-state index contributed by atoms with van der Waals surface area (Å²) in [6.45, 7) is 3.88. The maximum atomic E-state index is 13.4. The molecule has 2 N–H and O–H groups in total. The van der Waals surface area contributed by atoms with Crippen LogP contribution in [0.4, 0.5) is 5.69 Å². The summed E-state index contributed by atoms with van der Waals surface area (Å²) in [7, 11) is 0. The highest BCUT2D eigenvalue weighted by atomic mass is 16.4. The number of pyridine rings is 1. The van der Waals surface area contributed by atoms with Crippen molar-refractivity contribution in [2.45, 2.75) is 51.1 Å². The molecule has 2 aliphatic rings. The Morgan fingerprint density at radius 3 is 2.60 bits per heavy atom. The van der Waals surface area contributed by atoms with Gasteiger partial charge in [0.2, 0.25) is 11.8 Å². The molecule has 0 unspecified atom stereocenters. The molecule has 1 aromatic carbocycles. The van der Waals surface area contributed by atoms with Gasteiger partial charge in [-0.1, -0.05) is 38.1 Å². The fourth-order valence-corrected chi connectivity index (χ4v) is 4.56. The molecule has 3 heterocycles. The molecule has 2 amide bonds. The van der Waals surface area contributed by atoms with Gasteiger partial charge in [-0.3, -0.25) is 19.5 Å². The minimum absolute atomic E-state index is 0.0110. The van der Waals surface area contributed by atoms with E-state index in [9.17, 15) is 19.5 Å². The zero-order valence-corrected chi connectivity index (χ0v) is 17.0. The molecule has 156 valence electrons. The van der Waals surface area contributed by atoms with Gasteiger partial charge in [-0.05, 0) is 42.0 Å². The summed E-state index contributed by atoms with van der Waals surface area (Å²) < 4.78 is 0. The standard InChI is InChI=1S/C23H25N3O4/c1-13(2)19(16-8-3-4-11-24-16)21(27)25-17-10-9-14-6-5-7-15-12-18(23(29)30)26(20(14)15)22(17)28/h3-8,11,13,17-19H,9-10,12H2,1-2H3,(H,25,27)(H,29,30)/t17-,18-,19+/m0/s1. The number of carboxylic acids is 1. The number of hydrogen-bond donors (Lipinski definition) is 2. The van der Waals surface area contributed by atoms with E-state index in [2.05, 4.69) is 10.3 Å². The molecule has 7 heteroatoms. The molecule has 0 saturated heterocycles. The second-order valence-electron chi connectivity index (χ2n) is 8.27. The molecule has 1 aromatic heterocycles. The number of carboxylic acid groups (broad SMARTS) is 1. The van der Waals surface area contributed by atoms with Crippen molar-refractivity contribution in [1.82, 2.24) is 10.3 Å². The lowest BCUT2D eigenvalue weighted by Gasteiger charge is -2.28. The summed E-state index contributed by atoms with van der Waals surface area (Å²) in [5, 5.41) is 12.6. The van der Waals surface area contributed by atoms with Gasteiger partial charge in [0.1, 0.15) is 12.1 Å². The molecule has 0 spiro atoms. The van der Waals surface area contributed by atoms with Gasteiger partial charge in [0.05, 0.1) is 17.3 Å². The summed E-state index contributed by atoms with van der Waals surface area (Å²) in [6, 6.07) is 9.42. The number of hydrogen-bond acceptors (Lipinski definition) is 4. The number of rotatable bonds is 5. The average molecular weight is 407 g/mol. The smallest absolute Gasteiger partial charge is 0.327 e. The van der Waals surface area contributed by atoms with Crippen LogP contribution in [0.1, 0.15) is 43.0 Å². The number of nitrogens with zero attached hydrogens (tertiary/aromatic N) is 2. The third-order valence-electron chi connectivity index (χ3n) is 5.96. The van der Waals surface area contributed by atoms with E-state index in [1.165, 1.54) is 4.90 Å². The molecule has 0 bridgehead atoms. The van der Waals surface area contributed by atoms with Crippen LogP contribution in [0.25, 0.3) is 0 Å². The lowest BCUT2D eigenvalue weighted by atomic mass is 9.90. The third kappa shape index (κ3) is 3.44. The van der Waals surface area contributed by atoms with Gasteiger partial charge in [0.15, 0.2) is 0 Å². The number of aryl methyl sites for hydroxylation is 1. The van der Waals surface area contributed by atoms with Crippen LogP contribution < -0.4 is 10.2 Å². The Kier molecular flexibility index (Phi) is 5.28. The van der Waals surface area contributed by atoms with Gasteiger partial charge in [-0.25, -0.2) is 4.79 Å². The van der Waals surface area contributed by atoms with Crippen LogP contribution in [0.5, 0.6) is 0 Å². The number of amides is 2. The topological polar surface area (TPSA) is 99.6 Å². The molecule has 4 rings (SSSR count). The van der Waals surface area contributed by atoms with E-state index in [1.54, 1.807) is 12.3 Å². The minimum atomic E-state index is -1.04. The maximum absolute atomic E-state index is 13.4. The van der Waals surface area contributed by atoms with E-state index < -0.39 is 24.0 Å². The van der Waals surface area contributed by atoms with Gasteiger partial charge < -0.3 is 10.4 Å². The first-order valence-corrected chi connectivity index (χ1v) is 10.3. The second-order valence-corrected chi connectivity index (χ2v) is 8.27. The third-order valence-corrected chi connectivity index (χ3v) is 5.96. The fourth-order valence-electron chi connectivity index (χ4n) is 4.56. The maximum Gasteiger partial charge on any atom is 0.327 e. The van der Waals surface area contributed by atoms with Crippen LogP contribution in [0, 0.1) is 5.92 Å². The number of para-hydroxylation sites is 1. The van der Waals surface area contributed by atoms with Crippen molar-refractivity contribution in [2.24, 2.45) is 5.92 Å². The Balaban J connectivity index is 1.63. The number of aromatic nitrogens is 1. The number of anilines is 1. The highest BCUT2D eigenvalue weighted by Crippen LogP contribution is 2.39. The predicted octanol–water partition coefficient (Wildman–Crippen LogP) is 2.29. The van der Waals surface area contributed by atoms with Crippen LogP contribution in [0.2, 0.25) is 0 Å². The number of carbonyl (C=O) groups is 3. The first-order valence-electron chi connectivity index (χ1n) is 10.3.